The Bertz CT molecular complexity index is 1450. The van der Waals surface area contributed by atoms with Crippen LogP contribution in [0.15, 0.2) is 47.5 Å². The van der Waals surface area contributed by atoms with E-state index in [1.165, 1.54) is 35.3 Å². The summed E-state index contributed by atoms with van der Waals surface area (Å²) in [7, 11) is 1.25. The van der Waals surface area contributed by atoms with E-state index < -0.39 is 17.6 Å². The molecule has 11 heteroatoms. The molecule has 0 saturated carbocycles. The van der Waals surface area contributed by atoms with Crippen LogP contribution in [-0.4, -0.2) is 32.6 Å². The maximum atomic E-state index is 13.8. The first-order valence-corrected chi connectivity index (χ1v) is 10.8. The maximum absolute atomic E-state index is 13.8. The average Bonchev–Trinajstić information content (AvgIpc) is 3.19. The van der Waals surface area contributed by atoms with E-state index in [0.29, 0.717) is 17.1 Å². The topological polar surface area (TPSA) is 96.2 Å². The Balaban J connectivity index is 1.62. The van der Waals surface area contributed by atoms with E-state index in [9.17, 15) is 18.4 Å². The van der Waals surface area contributed by atoms with Crippen molar-refractivity contribution in [3.05, 3.63) is 86.8 Å². The monoisotopic (exact) mass is 484 g/mol. The zero-order chi connectivity index (χ0) is 24.4. The third kappa shape index (κ3) is 4.69. The molecule has 0 amide bonds. The molecule has 0 unspecified atom stereocenters. The Labute approximate surface area is 196 Å². The van der Waals surface area contributed by atoms with Gasteiger partial charge in [-0.25, -0.2) is 23.5 Å². The lowest BCUT2D eigenvalue weighted by molar-refractivity contribution is 0.0587. The Morgan fingerprint density at radius 3 is 2.65 bits per heavy atom. The summed E-state index contributed by atoms with van der Waals surface area (Å²) in [6.07, 6.45) is 2.36. The van der Waals surface area contributed by atoms with Gasteiger partial charge in [-0.05, 0) is 26.0 Å². The van der Waals surface area contributed by atoms with Crippen molar-refractivity contribution in [2.45, 2.75) is 20.5 Å². The molecule has 8 nitrogen and oxygen atoms in total. The van der Waals surface area contributed by atoms with Crippen molar-refractivity contribution >= 4 is 17.3 Å². The summed E-state index contributed by atoms with van der Waals surface area (Å²) in [6.45, 7) is 3.35. The van der Waals surface area contributed by atoms with Crippen LogP contribution in [0, 0.1) is 25.5 Å². The van der Waals surface area contributed by atoms with Gasteiger partial charge < -0.3 is 9.47 Å². The SMILES string of the molecule is COC(=O)c1nccc(-c2cc(-n3c(C)cc(OCc4ncc(F)cc4F)cc3=O)c(C)s2)n1. The lowest BCUT2D eigenvalue weighted by Crippen LogP contribution is -2.20. The van der Waals surface area contributed by atoms with E-state index in [1.807, 2.05) is 6.92 Å². The van der Waals surface area contributed by atoms with E-state index in [1.54, 1.807) is 25.1 Å². The Hall–Kier alpha value is -3.99. The lowest BCUT2D eigenvalue weighted by Gasteiger charge is -2.12. The number of hydrogen-bond acceptors (Lipinski definition) is 8. The van der Waals surface area contributed by atoms with Gasteiger partial charge in [-0.2, -0.15) is 0 Å². The van der Waals surface area contributed by atoms with Crippen LogP contribution in [0.4, 0.5) is 8.78 Å². The van der Waals surface area contributed by atoms with Gasteiger partial charge in [-0.1, -0.05) is 0 Å². The van der Waals surface area contributed by atoms with Crippen LogP contribution in [-0.2, 0) is 11.3 Å². The third-order valence-electron chi connectivity index (χ3n) is 4.86. The minimum absolute atomic E-state index is 0.0606. The van der Waals surface area contributed by atoms with E-state index in [0.717, 1.165) is 22.0 Å². The number of aryl methyl sites for hydroxylation is 2. The number of nitrogens with zero attached hydrogens (tertiary/aromatic N) is 4. The van der Waals surface area contributed by atoms with Crippen LogP contribution in [0.2, 0.25) is 0 Å². The average molecular weight is 484 g/mol. The van der Waals surface area contributed by atoms with E-state index in [4.69, 9.17) is 4.74 Å². The first kappa shape index (κ1) is 23.2. The molecule has 4 heterocycles. The van der Waals surface area contributed by atoms with Crippen molar-refractivity contribution in [1.82, 2.24) is 19.5 Å². The second-order valence-electron chi connectivity index (χ2n) is 7.19. The molecule has 34 heavy (non-hydrogen) atoms. The smallest absolute Gasteiger partial charge is 0.376 e. The van der Waals surface area contributed by atoms with Crippen LogP contribution in [0.3, 0.4) is 0 Å². The van der Waals surface area contributed by atoms with Crippen LogP contribution in [0.1, 0.15) is 26.9 Å². The highest BCUT2D eigenvalue weighted by molar-refractivity contribution is 7.15. The van der Waals surface area contributed by atoms with Crippen molar-refractivity contribution in [2.75, 3.05) is 7.11 Å². The van der Waals surface area contributed by atoms with Gasteiger partial charge in [0.1, 0.15) is 23.9 Å². The molecular formula is C23H18F2N4O4S. The van der Waals surface area contributed by atoms with Gasteiger partial charge in [0.25, 0.3) is 5.56 Å². The van der Waals surface area contributed by atoms with E-state index in [-0.39, 0.29) is 29.4 Å². The highest BCUT2D eigenvalue weighted by Gasteiger charge is 2.17. The summed E-state index contributed by atoms with van der Waals surface area (Å²) in [5, 5.41) is 0. The quantitative estimate of drug-likeness (QED) is 0.382. The van der Waals surface area contributed by atoms with Crippen LogP contribution in [0.25, 0.3) is 16.3 Å². The zero-order valence-electron chi connectivity index (χ0n) is 18.3. The summed E-state index contributed by atoms with van der Waals surface area (Å²) in [5.41, 5.74) is 1.33. The molecule has 174 valence electrons. The molecule has 0 fully saturated rings. The standard InChI is InChI=1S/C23H18F2N4O4S/c1-12-6-15(33-11-18-16(25)7-14(24)10-27-18)8-21(30)29(12)19-9-20(34-13(19)2)17-4-5-26-22(28-17)23(31)32-3/h4-10H,11H2,1-3H3. The predicted molar refractivity (Wildman–Crippen MR) is 120 cm³/mol. The number of pyridine rings is 2. The molecule has 0 aliphatic heterocycles. The molecule has 4 rings (SSSR count). The summed E-state index contributed by atoms with van der Waals surface area (Å²) in [5.74, 6) is -2.08. The molecule has 0 saturated heterocycles. The number of carbonyl (C=O) groups excluding carboxylic acids is 1. The predicted octanol–water partition coefficient (Wildman–Crippen LogP) is 4.01. The Morgan fingerprint density at radius 2 is 1.94 bits per heavy atom. The van der Waals surface area contributed by atoms with Crippen LogP contribution < -0.4 is 10.3 Å². The molecule has 4 aromatic rings. The number of hydrogen-bond donors (Lipinski definition) is 0. The van der Waals surface area contributed by atoms with Gasteiger partial charge in [0.05, 0.1) is 29.6 Å². The normalized spacial score (nSPS) is 10.9. The molecule has 0 radical (unpaired) electrons. The van der Waals surface area contributed by atoms with Gasteiger partial charge in [0, 0.05) is 35.0 Å². The van der Waals surface area contributed by atoms with Gasteiger partial charge in [-0.3, -0.25) is 14.3 Å². The van der Waals surface area contributed by atoms with Crippen molar-refractivity contribution in [3.63, 3.8) is 0 Å². The fourth-order valence-electron chi connectivity index (χ4n) is 3.27. The van der Waals surface area contributed by atoms with Gasteiger partial charge in [-0.15, -0.1) is 11.3 Å². The molecule has 0 aromatic carbocycles. The minimum atomic E-state index is -0.827. The molecule has 0 aliphatic carbocycles. The van der Waals surface area contributed by atoms with Crippen molar-refractivity contribution in [3.8, 4) is 22.0 Å². The fourth-order valence-corrected chi connectivity index (χ4v) is 4.24. The number of methoxy groups -OCH3 is 1. The third-order valence-corrected chi connectivity index (χ3v) is 5.92. The molecule has 0 bridgehead atoms. The molecular weight excluding hydrogens is 466 g/mol. The Morgan fingerprint density at radius 1 is 1.15 bits per heavy atom. The number of aromatic nitrogens is 4. The highest BCUT2D eigenvalue weighted by Crippen LogP contribution is 2.32. The molecule has 0 spiro atoms. The van der Waals surface area contributed by atoms with Crippen LogP contribution in [0.5, 0.6) is 5.75 Å². The van der Waals surface area contributed by atoms with Gasteiger partial charge >= 0.3 is 5.97 Å². The lowest BCUT2D eigenvalue weighted by atomic mass is 10.2. The summed E-state index contributed by atoms with van der Waals surface area (Å²) in [4.78, 5) is 38.1. The largest absolute Gasteiger partial charge is 0.487 e. The number of carbonyl (C=O) groups is 1. The van der Waals surface area contributed by atoms with E-state index in [2.05, 4.69) is 19.7 Å². The highest BCUT2D eigenvalue weighted by atomic mass is 32.1. The maximum Gasteiger partial charge on any atom is 0.376 e. The van der Waals surface area contributed by atoms with Crippen molar-refractivity contribution < 1.29 is 23.0 Å². The molecule has 0 aliphatic rings. The van der Waals surface area contributed by atoms with Crippen molar-refractivity contribution in [2.24, 2.45) is 0 Å². The Kier molecular flexibility index (Phi) is 6.46. The number of thiophene rings is 1. The van der Waals surface area contributed by atoms with Gasteiger partial charge in [0.15, 0.2) is 5.82 Å². The van der Waals surface area contributed by atoms with Crippen LogP contribution >= 0.6 is 11.3 Å². The van der Waals surface area contributed by atoms with Crippen molar-refractivity contribution in [1.29, 1.82) is 0 Å². The minimum Gasteiger partial charge on any atom is -0.487 e. The second kappa shape index (κ2) is 9.48. The van der Waals surface area contributed by atoms with Gasteiger partial charge in [0.2, 0.25) is 5.82 Å². The molecule has 0 N–H and O–H groups in total. The summed E-state index contributed by atoms with van der Waals surface area (Å²) in [6, 6.07) is 7.11. The number of halogens is 2. The first-order valence-electron chi connectivity index (χ1n) is 9.95. The van der Waals surface area contributed by atoms with E-state index >= 15 is 0 Å². The number of ether oxygens (including phenoxy) is 2. The zero-order valence-corrected chi connectivity index (χ0v) is 19.2. The summed E-state index contributed by atoms with van der Waals surface area (Å²) < 4.78 is 38.5. The second-order valence-corrected chi connectivity index (χ2v) is 8.44. The fraction of sp³-hybridized carbons (Fsp3) is 0.174. The summed E-state index contributed by atoms with van der Waals surface area (Å²) >= 11 is 1.41. The molecule has 4 aromatic heterocycles. The number of esters is 1. The first-order chi connectivity index (χ1) is 16.3. The number of rotatable bonds is 6. The molecule has 0 atom stereocenters.